The summed E-state index contributed by atoms with van der Waals surface area (Å²) < 4.78 is 17.0. The van der Waals surface area contributed by atoms with E-state index in [1.54, 1.807) is 0 Å². The van der Waals surface area contributed by atoms with E-state index in [9.17, 15) is 9.59 Å². The van der Waals surface area contributed by atoms with Crippen molar-refractivity contribution >= 4 is 11.9 Å². The Morgan fingerprint density at radius 2 is 1.05 bits per heavy atom. The Balaban J connectivity index is 2.27. The highest BCUT2D eigenvalue weighted by molar-refractivity contribution is 5.70. The lowest BCUT2D eigenvalue weighted by Gasteiger charge is -2.18. The van der Waals surface area contributed by atoms with Crippen LogP contribution in [0.5, 0.6) is 0 Å². The summed E-state index contributed by atoms with van der Waals surface area (Å²) in [5, 5.41) is 0. The molecular weight excluding hydrogens is 488 g/mol. The third-order valence-electron chi connectivity index (χ3n) is 7.11. The Morgan fingerprint density at radius 3 is 1.56 bits per heavy atom. The van der Waals surface area contributed by atoms with Gasteiger partial charge in [0.25, 0.3) is 0 Å². The first-order chi connectivity index (χ1) is 19.2. The van der Waals surface area contributed by atoms with Gasteiger partial charge in [0, 0.05) is 12.8 Å². The van der Waals surface area contributed by atoms with Gasteiger partial charge in [0.15, 0.2) is 6.10 Å². The van der Waals surface area contributed by atoms with Crippen molar-refractivity contribution in [3.8, 4) is 0 Å². The summed E-state index contributed by atoms with van der Waals surface area (Å²) in [5.41, 5.74) is 1.06. The van der Waals surface area contributed by atoms with E-state index >= 15 is 0 Å². The zero-order valence-corrected chi connectivity index (χ0v) is 25.3. The van der Waals surface area contributed by atoms with Gasteiger partial charge in [-0.05, 0) is 18.4 Å². The van der Waals surface area contributed by atoms with E-state index in [0.717, 1.165) is 31.2 Å². The third-order valence-corrected chi connectivity index (χ3v) is 7.11. The fraction of sp³-hybridized carbons (Fsp3) is 0.765. The van der Waals surface area contributed by atoms with Crippen LogP contribution in [0.1, 0.15) is 148 Å². The van der Waals surface area contributed by atoms with Gasteiger partial charge < -0.3 is 14.2 Å². The molecule has 0 aliphatic heterocycles. The van der Waals surface area contributed by atoms with Crippen LogP contribution < -0.4 is 0 Å². The van der Waals surface area contributed by atoms with Crippen LogP contribution in [-0.4, -0.2) is 31.3 Å². The summed E-state index contributed by atoms with van der Waals surface area (Å²) >= 11 is 0. The molecule has 0 N–H and O–H groups in total. The number of carbonyl (C=O) groups excluding carboxylic acids is 2. The average molecular weight is 547 g/mol. The first-order valence-corrected chi connectivity index (χ1v) is 16.1. The van der Waals surface area contributed by atoms with E-state index in [1.165, 1.54) is 89.9 Å². The Morgan fingerprint density at radius 1 is 0.590 bits per heavy atom. The first-order valence-electron chi connectivity index (χ1n) is 16.1. The van der Waals surface area contributed by atoms with Gasteiger partial charge in [0.1, 0.15) is 6.61 Å². The predicted octanol–water partition coefficient (Wildman–Crippen LogP) is 9.50. The minimum atomic E-state index is -0.577. The summed E-state index contributed by atoms with van der Waals surface area (Å²) in [7, 11) is 0. The maximum atomic E-state index is 12.5. The monoisotopic (exact) mass is 546 g/mol. The van der Waals surface area contributed by atoms with Gasteiger partial charge in [0.05, 0.1) is 13.2 Å². The van der Waals surface area contributed by atoms with Gasteiger partial charge in [-0.1, -0.05) is 147 Å². The molecule has 0 spiro atoms. The van der Waals surface area contributed by atoms with Crippen LogP contribution >= 0.6 is 0 Å². The number of benzene rings is 1. The number of hydrogen-bond acceptors (Lipinski definition) is 5. The molecule has 0 amide bonds. The molecule has 1 unspecified atom stereocenters. The largest absolute Gasteiger partial charge is 0.462 e. The van der Waals surface area contributed by atoms with Crippen LogP contribution in [0.3, 0.4) is 0 Å². The molecule has 0 aliphatic carbocycles. The Labute approximate surface area is 239 Å². The second-order valence-corrected chi connectivity index (χ2v) is 11.0. The lowest BCUT2D eigenvalue weighted by Crippen LogP contribution is -2.29. The van der Waals surface area contributed by atoms with Crippen LogP contribution in [-0.2, 0) is 30.4 Å². The number of unbranched alkanes of at least 4 members (excludes halogenated alkanes) is 16. The molecule has 0 heterocycles. The van der Waals surface area contributed by atoms with Crippen molar-refractivity contribution in [1.29, 1.82) is 0 Å². The third kappa shape index (κ3) is 22.6. The zero-order chi connectivity index (χ0) is 28.2. The normalized spacial score (nSPS) is 11.8. The SMILES string of the molecule is CCCCCCCCCCCC(=O)OCC(COCc1ccccc1)OC(=O)CCCCCCCCCCC. The molecule has 0 saturated heterocycles. The van der Waals surface area contributed by atoms with Crippen molar-refractivity contribution in [2.45, 2.75) is 155 Å². The second kappa shape index (κ2) is 26.3. The summed E-state index contributed by atoms with van der Waals surface area (Å²) in [6.45, 7) is 5.17. The molecule has 0 aromatic heterocycles. The molecule has 5 heteroatoms. The molecule has 39 heavy (non-hydrogen) atoms. The molecule has 1 rings (SSSR count). The van der Waals surface area contributed by atoms with E-state index in [0.29, 0.717) is 19.4 Å². The van der Waals surface area contributed by atoms with Crippen molar-refractivity contribution in [3.05, 3.63) is 35.9 Å². The standard InChI is InChI=1S/C34H58O5/c1-3-5-7-9-11-13-15-17-22-26-33(35)38-30-32(29-37-28-31-24-20-19-21-25-31)39-34(36)27-23-18-16-14-12-10-8-6-4-2/h19-21,24-25,32H,3-18,22-23,26-30H2,1-2H3. The van der Waals surface area contributed by atoms with Gasteiger partial charge >= 0.3 is 11.9 Å². The zero-order valence-electron chi connectivity index (χ0n) is 25.3. The highest BCUT2D eigenvalue weighted by atomic mass is 16.6. The summed E-state index contributed by atoms with van der Waals surface area (Å²) in [4.78, 5) is 24.8. The Bertz CT molecular complexity index is 690. The fourth-order valence-corrected chi connectivity index (χ4v) is 4.66. The number of hydrogen-bond donors (Lipinski definition) is 0. The van der Waals surface area contributed by atoms with Crippen molar-refractivity contribution in [2.24, 2.45) is 0 Å². The number of ether oxygens (including phenoxy) is 3. The lowest BCUT2D eigenvalue weighted by molar-refractivity contribution is -0.163. The number of esters is 2. The quantitative estimate of drug-likeness (QED) is 0.0812. The van der Waals surface area contributed by atoms with Crippen molar-refractivity contribution in [1.82, 2.24) is 0 Å². The van der Waals surface area contributed by atoms with E-state index in [2.05, 4.69) is 13.8 Å². The van der Waals surface area contributed by atoms with Gasteiger partial charge in [0.2, 0.25) is 0 Å². The predicted molar refractivity (Wildman–Crippen MR) is 161 cm³/mol. The number of rotatable bonds is 27. The number of carbonyl (C=O) groups is 2. The summed E-state index contributed by atoms with van der Waals surface area (Å²) in [6.07, 6.45) is 22.0. The topological polar surface area (TPSA) is 61.8 Å². The summed E-state index contributed by atoms with van der Waals surface area (Å²) in [5.74, 6) is -0.456. The molecule has 0 fully saturated rings. The average Bonchev–Trinajstić information content (AvgIpc) is 2.94. The molecule has 1 atom stereocenters. The van der Waals surface area contributed by atoms with Gasteiger partial charge in [-0.3, -0.25) is 9.59 Å². The maximum Gasteiger partial charge on any atom is 0.306 e. The molecule has 1 aromatic carbocycles. The Kier molecular flexibility index (Phi) is 23.7. The second-order valence-electron chi connectivity index (χ2n) is 11.0. The van der Waals surface area contributed by atoms with Crippen LogP contribution in [0, 0.1) is 0 Å². The van der Waals surface area contributed by atoms with E-state index in [4.69, 9.17) is 14.2 Å². The van der Waals surface area contributed by atoms with Crippen molar-refractivity contribution < 1.29 is 23.8 Å². The molecule has 0 aliphatic rings. The highest BCUT2D eigenvalue weighted by Crippen LogP contribution is 2.13. The smallest absolute Gasteiger partial charge is 0.306 e. The van der Waals surface area contributed by atoms with Crippen molar-refractivity contribution in [2.75, 3.05) is 13.2 Å². The molecule has 224 valence electrons. The van der Waals surface area contributed by atoms with Crippen LogP contribution in [0.4, 0.5) is 0 Å². The molecule has 1 aromatic rings. The molecule has 5 nitrogen and oxygen atoms in total. The highest BCUT2D eigenvalue weighted by Gasteiger charge is 2.17. The summed E-state index contributed by atoms with van der Waals surface area (Å²) in [6, 6.07) is 9.89. The maximum absolute atomic E-state index is 12.5. The van der Waals surface area contributed by atoms with E-state index in [1.807, 2.05) is 30.3 Å². The van der Waals surface area contributed by atoms with Gasteiger partial charge in [-0.25, -0.2) is 0 Å². The minimum absolute atomic E-state index is 0.0502. The molecular formula is C34H58O5. The molecule has 0 radical (unpaired) electrons. The fourth-order valence-electron chi connectivity index (χ4n) is 4.66. The van der Waals surface area contributed by atoms with Crippen LogP contribution in [0.2, 0.25) is 0 Å². The minimum Gasteiger partial charge on any atom is -0.462 e. The van der Waals surface area contributed by atoms with Crippen LogP contribution in [0.15, 0.2) is 30.3 Å². The Hall–Kier alpha value is -1.88. The first kappa shape index (κ1) is 35.1. The molecule has 0 bridgehead atoms. The lowest BCUT2D eigenvalue weighted by atomic mass is 10.1. The van der Waals surface area contributed by atoms with Crippen LogP contribution in [0.25, 0.3) is 0 Å². The van der Waals surface area contributed by atoms with Gasteiger partial charge in [-0.15, -0.1) is 0 Å². The van der Waals surface area contributed by atoms with Gasteiger partial charge in [-0.2, -0.15) is 0 Å². The van der Waals surface area contributed by atoms with E-state index < -0.39 is 6.10 Å². The van der Waals surface area contributed by atoms with E-state index in [-0.39, 0.29) is 25.2 Å². The molecule has 0 saturated carbocycles. The van der Waals surface area contributed by atoms with Crippen molar-refractivity contribution in [3.63, 3.8) is 0 Å².